The van der Waals surface area contributed by atoms with E-state index in [0.29, 0.717) is 5.69 Å². The zero-order chi connectivity index (χ0) is 8.39. The molecule has 6 heteroatoms. The third-order valence-corrected chi connectivity index (χ3v) is 1.55. The summed E-state index contributed by atoms with van der Waals surface area (Å²) in [6.45, 7) is 1.87. The number of hydrogen-bond acceptors (Lipinski definition) is 5. The molecule has 2 rings (SSSR count). The van der Waals surface area contributed by atoms with Gasteiger partial charge in [0.15, 0.2) is 0 Å². The molecule has 12 heavy (non-hydrogen) atoms. The summed E-state index contributed by atoms with van der Waals surface area (Å²) in [6, 6.07) is 0. The van der Waals surface area contributed by atoms with Gasteiger partial charge in [0.25, 0.3) is 0 Å². The third kappa shape index (κ3) is 1.07. The number of aromatic nitrogens is 5. The Balaban J connectivity index is 2.27. The Labute approximate surface area is 68.0 Å². The molecule has 0 unspecified atom stereocenters. The summed E-state index contributed by atoms with van der Waals surface area (Å²) in [6.07, 6.45) is 3.15. The van der Waals surface area contributed by atoms with Crippen LogP contribution in [0, 0.1) is 5.92 Å². The van der Waals surface area contributed by atoms with Gasteiger partial charge in [-0.2, -0.15) is 0 Å². The quantitative estimate of drug-likeness (QED) is 0.684. The fourth-order valence-corrected chi connectivity index (χ4v) is 0.844. The van der Waals surface area contributed by atoms with Gasteiger partial charge < -0.3 is 4.52 Å². The zero-order valence-electron chi connectivity index (χ0n) is 6.35. The number of nitrogens with zero attached hydrogens (tertiary/aromatic N) is 4. The van der Waals surface area contributed by atoms with Crippen LogP contribution in [0.3, 0.4) is 0 Å². The molecule has 2 aromatic rings. The van der Waals surface area contributed by atoms with Crippen LogP contribution in [0.1, 0.15) is 18.3 Å². The minimum absolute atomic E-state index is 0.670. The highest BCUT2D eigenvalue weighted by molar-refractivity contribution is 5.31. The van der Waals surface area contributed by atoms with Crippen LogP contribution < -0.4 is 0 Å². The van der Waals surface area contributed by atoms with E-state index in [9.17, 15) is 0 Å². The molecule has 0 atom stereocenters. The first-order valence-electron chi connectivity index (χ1n) is 3.36. The van der Waals surface area contributed by atoms with Gasteiger partial charge in [0.05, 0.1) is 11.6 Å². The highest BCUT2D eigenvalue weighted by atomic mass is 16.5. The van der Waals surface area contributed by atoms with Gasteiger partial charge in [-0.15, -0.1) is 10.2 Å². The van der Waals surface area contributed by atoms with Crippen molar-refractivity contribution in [1.29, 1.82) is 0 Å². The molecule has 0 aliphatic heterocycles. The molecular weight excluding hydrogens is 158 g/mol. The van der Waals surface area contributed by atoms with Crippen molar-refractivity contribution in [2.24, 2.45) is 0 Å². The first-order chi connectivity index (χ1) is 5.88. The van der Waals surface area contributed by atoms with Crippen LogP contribution >= 0.6 is 0 Å². The van der Waals surface area contributed by atoms with Crippen molar-refractivity contribution >= 4 is 0 Å². The molecule has 0 fully saturated rings. The summed E-state index contributed by atoms with van der Waals surface area (Å²) >= 11 is 0. The molecule has 0 aromatic carbocycles. The van der Waals surface area contributed by atoms with Crippen molar-refractivity contribution in [2.45, 2.75) is 6.92 Å². The van der Waals surface area contributed by atoms with Gasteiger partial charge in [0, 0.05) is 11.5 Å². The lowest BCUT2D eigenvalue weighted by Crippen LogP contribution is -1.97. The molecule has 61 valence electrons. The number of H-pyrrole nitrogens is 1. The van der Waals surface area contributed by atoms with Gasteiger partial charge >= 0.3 is 0 Å². The maximum Gasteiger partial charge on any atom is 0.148 e. The number of nitrogens with one attached hydrogen (secondary N) is 1. The van der Waals surface area contributed by atoms with Crippen molar-refractivity contribution in [3.8, 4) is 0 Å². The summed E-state index contributed by atoms with van der Waals surface area (Å²) in [7, 11) is 0. The summed E-state index contributed by atoms with van der Waals surface area (Å²) in [4.78, 5) is 0. The maximum absolute atomic E-state index is 4.59. The Bertz CT molecular complexity index is 292. The predicted octanol–water partition coefficient (Wildman–Crippen LogP) is 0.178. The largest absolute Gasteiger partial charge is 0.345 e. The van der Waals surface area contributed by atoms with Crippen LogP contribution in [0.2, 0.25) is 0 Å². The molecule has 0 spiro atoms. The van der Waals surface area contributed by atoms with E-state index in [0.717, 1.165) is 11.6 Å². The molecule has 0 aliphatic rings. The topological polar surface area (TPSA) is 80.5 Å². The van der Waals surface area contributed by atoms with Crippen molar-refractivity contribution in [1.82, 2.24) is 25.8 Å². The van der Waals surface area contributed by atoms with E-state index in [1.54, 1.807) is 6.20 Å². The standard InChI is InChI=1S/C6H6N5O/c1-4(5-2-7-10-8-5)6-3-12-11-9-6/h2-3H,1H3,(H,7,8,10). The number of hydrogen-bond donors (Lipinski definition) is 1. The molecule has 0 amide bonds. The SMILES string of the molecule is C[C](c1c[nH]nn1)c1conn1. The molecule has 0 saturated carbocycles. The molecule has 1 N–H and O–H groups in total. The molecule has 1 radical (unpaired) electrons. The summed E-state index contributed by atoms with van der Waals surface area (Å²) in [5.74, 6) is 0.880. The number of rotatable bonds is 2. The van der Waals surface area contributed by atoms with Crippen LogP contribution in [0.4, 0.5) is 0 Å². The maximum atomic E-state index is 4.59. The molecular formula is C6H6N5O. The van der Waals surface area contributed by atoms with E-state index in [1.807, 2.05) is 6.92 Å². The Hall–Kier alpha value is -1.72. The van der Waals surface area contributed by atoms with Gasteiger partial charge in [-0.3, -0.25) is 5.10 Å². The zero-order valence-corrected chi connectivity index (χ0v) is 6.35. The van der Waals surface area contributed by atoms with Crippen molar-refractivity contribution < 1.29 is 4.52 Å². The van der Waals surface area contributed by atoms with Gasteiger partial charge in [0.1, 0.15) is 12.0 Å². The molecule has 6 nitrogen and oxygen atoms in total. The average Bonchev–Trinajstić information content (AvgIpc) is 2.77. The Kier molecular flexibility index (Phi) is 1.58. The number of aromatic amines is 1. The van der Waals surface area contributed by atoms with Gasteiger partial charge in [-0.05, 0) is 6.92 Å². The lowest BCUT2D eigenvalue weighted by atomic mass is 10.1. The van der Waals surface area contributed by atoms with Crippen LogP contribution in [0.5, 0.6) is 0 Å². The molecule has 0 saturated heterocycles. The van der Waals surface area contributed by atoms with E-state index in [1.165, 1.54) is 6.26 Å². The molecule has 2 aromatic heterocycles. The minimum atomic E-state index is 0.670. The summed E-state index contributed by atoms with van der Waals surface area (Å²) in [5.41, 5.74) is 1.41. The van der Waals surface area contributed by atoms with E-state index in [4.69, 9.17) is 0 Å². The van der Waals surface area contributed by atoms with E-state index in [-0.39, 0.29) is 0 Å². The smallest absolute Gasteiger partial charge is 0.148 e. The highest BCUT2D eigenvalue weighted by Crippen LogP contribution is 2.16. The normalized spacial score (nSPS) is 10.8. The van der Waals surface area contributed by atoms with Gasteiger partial charge in [0.2, 0.25) is 0 Å². The van der Waals surface area contributed by atoms with Crippen LogP contribution in [0.25, 0.3) is 0 Å². The van der Waals surface area contributed by atoms with Crippen molar-refractivity contribution in [2.75, 3.05) is 0 Å². The van der Waals surface area contributed by atoms with Gasteiger partial charge in [-0.25, -0.2) is 0 Å². The Morgan fingerprint density at radius 3 is 2.92 bits per heavy atom. The molecule has 0 bridgehead atoms. The van der Waals surface area contributed by atoms with E-state index < -0.39 is 0 Å². The highest BCUT2D eigenvalue weighted by Gasteiger charge is 2.15. The van der Waals surface area contributed by atoms with Crippen LogP contribution in [-0.4, -0.2) is 25.8 Å². The summed E-state index contributed by atoms with van der Waals surface area (Å²) in [5, 5.41) is 17.1. The van der Waals surface area contributed by atoms with Crippen molar-refractivity contribution in [3.05, 3.63) is 29.8 Å². The second-order valence-electron chi connectivity index (χ2n) is 2.27. The molecule has 2 heterocycles. The average molecular weight is 164 g/mol. The van der Waals surface area contributed by atoms with E-state index in [2.05, 4.69) is 30.3 Å². The monoisotopic (exact) mass is 164 g/mol. The predicted molar refractivity (Wildman–Crippen MR) is 37.8 cm³/mol. The minimum Gasteiger partial charge on any atom is -0.345 e. The van der Waals surface area contributed by atoms with Gasteiger partial charge in [-0.1, -0.05) is 5.21 Å². The first-order valence-corrected chi connectivity index (χ1v) is 3.36. The first kappa shape index (κ1) is 6.96. The van der Waals surface area contributed by atoms with Crippen LogP contribution in [0.15, 0.2) is 17.0 Å². The Morgan fingerprint density at radius 2 is 2.33 bits per heavy atom. The van der Waals surface area contributed by atoms with E-state index >= 15 is 0 Å². The van der Waals surface area contributed by atoms with Crippen LogP contribution in [-0.2, 0) is 0 Å². The fraction of sp³-hybridized carbons (Fsp3) is 0.167. The second kappa shape index (κ2) is 2.72. The Morgan fingerprint density at radius 1 is 1.42 bits per heavy atom. The molecule has 0 aliphatic carbocycles. The second-order valence-corrected chi connectivity index (χ2v) is 2.27. The third-order valence-electron chi connectivity index (χ3n) is 1.55. The fourth-order valence-electron chi connectivity index (χ4n) is 0.844. The lowest BCUT2D eigenvalue weighted by molar-refractivity contribution is 0.393. The summed E-state index contributed by atoms with van der Waals surface area (Å²) < 4.78 is 4.59. The van der Waals surface area contributed by atoms with Crippen molar-refractivity contribution in [3.63, 3.8) is 0 Å². The lowest BCUT2D eigenvalue weighted by Gasteiger charge is -1.98.